The number of rotatable bonds is 6. The minimum Gasteiger partial charge on any atom is -0.348 e. The lowest BCUT2D eigenvalue weighted by Crippen LogP contribution is -2.38. The van der Waals surface area contributed by atoms with E-state index in [-0.39, 0.29) is 18.2 Å². The molecule has 33 heavy (non-hydrogen) atoms. The predicted molar refractivity (Wildman–Crippen MR) is 123 cm³/mol. The van der Waals surface area contributed by atoms with E-state index in [0.29, 0.717) is 31.6 Å². The molecule has 3 aromatic rings. The summed E-state index contributed by atoms with van der Waals surface area (Å²) in [6.07, 6.45) is 5.71. The van der Waals surface area contributed by atoms with Crippen LogP contribution in [-0.4, -0.2) is 28.2 Å². The van der Waals surface area contributed by atoms with Crippen LogP contribution in [0.1, 0.15) is 32.8 Å². The lowest BCUT2D eigenvalue weighted by atomic mass is 9.94. The van der Waals surface area contributed by atoms with Gasteiger partial charge < -0.3 is 10.2 Å². The van der Waals surface area contributed by atoms with Crippen LogP contribution < -0.4 is 5.32 Å². The zero-order chi connectivity index (χ0) is 23.4. The second kappa shape index (κ2) is 10.0. The molecule has 0 fully saturated rings. The molecule has 4 rings (SSSR count). The van der Waals surface area contributed by atoms with E-state index in [1.165, 1.54) is 12.1 Å². The fourth-order valence-corrected chi connectivity index (χ4v) is 4.50. The van der Waals surface area contributed by atoms with Gasteiger partial charge in [0.1, 0.15) is 0 Å². The summed E-state index contributed by atoms with van der Waals surface area (Å²) in [5, 5.41) is 4.87. The van der Waals surface area contributed by atoms with Crippen LogP contribution in [0.3, 0.4) is 0 Å². The zero-order valence-corrected chi connectivity index (χ0v) is 18.9. The predicted octanol–water partition coefficient (Wildman–Crippen LogP) is 4.19. The van der Waals surface area contributed by atoms with Gasteiger partial charge in [0.2, 0.25) is 11.8 Å². The van der Waals surface area contributed by atoms with Crippen molar-refractivity contribution < 1.29 is 18.4 Å². The van der Waals surface area contributed by atoms with Crippen molar-refractivity contribution in [2.75, 3.05) is 6.54 Å². The normalized spacial score (nSPS) is 13.2. The molecule has 5 nitrogen and oxygen atoms in total. The number of nitrogens with zero attached hydrogens (tertiary/aromatic N) is 2. The third-order valence-electron chi connectivity index (χ3n) is 5.67. The average molecular weight is 468 g/mol. The van der Waals surface area contributed by atoms with Gasteiger partial charge in [0.05, 0.1) is 6.42 Å². The molecule has 1 aliphatic heterocycles. The van der Waals surface area contributed by atoms with Crippen molar-refractivity contribution in [3.05, 3.63) is 92.4 Å². The number of thiophene rings is 1. The molecule has 2 aromatic heterocycles. The SMILES string of the molecule is Cc1ncc2c(c1CNC(=O)/C=C/c1cccs1)CCN(C(=O)Cc1ccc(F)c(F)c1)C2. The first kappa shape index (κ1) is 22.8. The largest absolute Gasteiger partial charge is 0.348 e. The van der Waals surface area contributed by atoms with Crippen molar-refractivity contribution in [3.8, 4) is 0 Å². The number of carbonyl (C=O) groups is 2. The van der Waals surface area contributed by atoms with Crippen molar-refractivity contribution in [2.45, 2.75) is 32.9 Å². The van der Waals surface area contributed by atoms with E-state index in [9.17, 15) is 18.4 Å². The molecule has 0 aliphatic carbocycles. The van der Waals surface area contributed by atoms with Crippen LogP contribution in [0.2, 0.25) is 0 Å². The number of aryl methyl sites for hydroxylation is 1. The first-order valence-corrected chi connectivity index (χ1v) is 11.5. The van der Waals surface area contributed by atoms with E-state index in [0.717, 1.165) is 39.4 Å². The molecular formula is C25H23F2N3O2S. The van der Waals surface area contributed by atoms with Crippen LogP contribution in [0.15, 0.2) is 48.0 Å². The van der Waals surface area contributed by atoms with Gasteiger partial charge in [-0.2, -0.15) is 0 Å². The van der Waals surface area contributed by atoms with Gasteiger partial charge >= 0.3 is 0 Å². The summed E-state index contributed by atoms with van der Waals surface area (Å²) in [7, 11) is 0. The van der Waals surface area contributed by atoms with E-state index in [1.807, 2.05) is 24.4 Å². The van der Waals surface area contributed by atoms with Gasteiger partial charge in [0, 0.05) is 42.5 Å². The van der Waals surface area contributed by atoms with E-state index < -0.39 is 11.6 Å². The summed E-state index contributed by atoms with van der Waals surface area (Å²) < 4.78 is 26.6. The van der Waals surface area contributed by atoms with Gasteiger partial charge in [-0.15, -0.1) is 11.3 Å². The number of fused-ring (bicyclic) bond motifs is 1. The van der Waals surface area contributed by atoms with Gasteiger partial charge in [0.25, 0.3) is 0 Å². The van der Waals surface area contributed by atoms with Crippen molar-refractivity contribution in [1.82, 2.24) is 15.2 Å². The van der Waals surface area contributed by atoms with Crippen molar-refractivity contribution >= 4 is 29.2 Å². The Balaban J connectivity index is 1.41. The highest BCUT2D eigenvalue weighted by molar-refractivity contribution is 7.10. The summed E-state index contributed by atoms with van der Waals surface area (Å²) >= 11 is 1.56. The molecule has 3 heterocycles. The van der Waals surface area contributed by atoms with Crippen LogP contribution in [0, 0.1) is 18.6 Å². The lowest BCUT2D eigenvalue weighted by Gasteiger charge is -2.30. The maximum Gasteiger partial charge on any atom is 0.244 e. The quantitative estimate of drug-likeness (QED) is 0.553. The third kappa shape index (κ3) is 5.51. The Morgan fingerprint density at radius 3 is 2.85 bits per heavy atom. The smallest absolute Gasteiger partial charge is 0.244 e. The zero-order valence-electron chi connectivity index (χ0n) is 18.1. The van der Waals surface area contributed by atoms with Crippen molar-refractivity contribution in [1.29, 1.82) is 0 Å². The van der Waals surface area contributed by atoms with Crippen molar-refractivity contribution in [3.63, 3.8) is 0 Å². The molecule has 0 atom stereocenters. The molecule has 8 heteroatoms. The minimum atomic E-state index is -0.958. The van der Waals surface area contributed by atoms with Gasteiger partial charge in [-0.1, -0.05) is 12.1 Å². The molecular weight excluding hydrogens is 444 g/mol. The van der Waals surface area contributed by atoms with E-state index in [4.69, 9.17) is 0 Å². The van der Waals surface area contributed by atoms with Crippen LogP contribution in [-0.2, 0) is 35.5 Å². The number of amides is 2. The molecule has 2 amide bonds. The second-order valence-corrected chi connectivity index (χ2v) is 8.86. The fourth-order valence-electron chi connectivity index (χ4n) is 3.88. The molecule has 0 saturated carbocycles. The fraction of sp³-hybridized carbons (Fsp3) is 0.240. The highest BCUT2D eigenvalue weighted by Crippen LogP contribution is 2.24. The maximum atomic E-state index is 13.5. The summed E-state index contributed by atoms with van der Waals surface area (Å²) in [5.74, 6) is -2.22. The molecule has 170 valence electrons. The first-order valence-electron chi connectivity index (χ1n) is 10.6. The highest BCUT2D eigenvalue weighted by atomic mass is 32.1. The van der Waals surface area contributed by atoms with Gasteiger partial charge in [-0.05, 0) is 65.3 Å². The molecule has 0 saturated heterocycles. The molecule has 1 aliphatic rings. The number of benzene rings is 1. The Morgan fingerprint density at radius 2 is 2.09 bits per heavy atom. The summed E-state index contributed by atoms with van der Waals surface area (Å²) in [4.78, 5) is 32.1. The van der Waals surface area contributed by atoms with Crippen molar-refractivity contribution in [2.24, 2.45) is 0 Å². The van der Waals surface area contributed by atoms with Gasteiger partial charge in [0.15, 0.2) is 11.6 Å². The molecule has 0 spiro atoms. The Kier molecular flexibility index (Phi) is 6.93. The summed E-state index contributed by atoms with van der Waals surface area (Å²) in [6, 6.07) is 7.39. The maximum absolute atomic E-state index is 13.5. The molecule has 1 N–H and O–H groups in total. The molecule has 1 aromatic carbocycles. The topological polar surface area (TPSA) is 62.3 Å². The van der Waals surface area contributed by atoms with Gasteiger partial charge in [-0.3, -0.25) is 14.6 Å². The monoisotopic (exact) mass is 467 g/mol. The summed E-state index contributed by atoms with van der Waals surface area (Å²) in [6.45, 7) is 3.17. The Hall–Kier alpha value is -3.39. The first-order chi connectivity index (χ1) is 15.9. The molecule has 0 radical (unpaired) electrons. The Bertz CT molecular complexity index is 1210. The highest BCUT2D eigenvalue weighted by Gasteiger charge is 2.24. The number of hydrogen-bond acceptors (Lipinski definition) is 4. The second-order valence-electron chi connectivity index (χ2n) is 7.88. The van der Waals surface area contributed by atoms with E-state index in [2.05, 4.69) is 10.3 Å². The van der Waals surface area contributed by atoms with Crippen LogP contribution >= 0.6 is 11.3 Å². The number of aromatic nitrogens is 1. The molecule has 0 bridgehead atoms. The standard InChI is InChI=1S/C25H23F2N3O2S/c1-16-21(14-29-24(31)7-5-19-3-2-10-33-19)20-8-9-30(15-18(20)13-28-16)25(32)12-17-4-6-22(26)23(27)11-17/h2-7,10-11,13H,8-9,12,14-15H2,1H3,(H,29,31)/b7-5+. The number of halogens is 2. The van der Waals surface area contributed by atoms with Gasteiger partial charge in [-0.25, -0.2) is 8.78 Å². The Morgan fingerprint density at radius 1 is 1.24 bits per heavy atom. The Labute approximate surface area is 194 Å². The molecule has 0 unspecified atom stereocenters. The summed E-state index contributed by atoms with van der Waals surface area (Å²) in [5.41, 5.74) is 4.28. The van der Waals surface area contributed by atoms with Crippen LogP contribution in [0.5, 0.6) is 0 Å². The number of hydrogen-bond donors (Lipinski definition) is 1. The third-order valence-corrected chi connectivity index (χ3v) is 6.51. The van der Waals surface area contributed by atoms with Crippen LogP contribution in [0.4, 0.5) is 8.78 Å². The lowest BCUT2D eigenvalue weighted by molar-refractivity contribution is -0.131. The van der Waals surface area contributed by atoms with E-state index >= 15 is 0 Å². The minimum absolute atomic E-state index is 0.00527. The number of nitrogens with one attached hydrogen (secondary N) is 1. The van der Waals surface area contributed by atoms with E-state index in [1.54, 1.807) is 28.5 Å². The number of pyridine rings is 1. The average Bonchev–Trinajstić information content (AvgIpc) is 3.33. The number of carbonyl (C=O) groups excluding carboxylic acids is 2. The van der Waals surface area contributed by atoms with Crippen LogP contribution in [0.25, 0.3) is 6.08 Å².